The Kier molecular flexibility index (Phi) is 3.48. The van der Waals surface area contributed by atoms with E-state index in [1.54, 1.807) is 12.3 Å². The molecule has 0 radical (unpaired) electrons. The first kappa shape index (κ1) is 14.7. The molecule has 3 aromatic rings. The molecule has 2 atom stereocenters. The average Bonchev–Trinajstić information content (AvgIpc) is 3.16. The summed E-state index contributed by atoms with van der Waals surface area (Å²) in [6.07, 6.45) is 10.1. The van der Waals surface area contributed by atoms with E-state index in [0.29, 0.717) is 0 Å². The van der Waals surface area contributed by atoms with Gasteiger partial charge in [-0.25, -0.2) is 14.6 Å². The van der Waals surface area contributed by atoms with Crippen LogP contribution in [-0.4, -0.2) is 30.6 Å². The van der Waals surface area contributed by atoms with Crippen LogP contribution in [0.15, 0.2) is 35.4 Å². The first-order valence-corrected chi connectivity index (χ1v) is 8.11. The smallest absolute Gasteiger partial charge is 0.327 e. The number of carbonyl (C=O) groups is 1. The number of rotatable bonds is 3. The number of pyridine rings is 1. The van der Waals surface area contributed by atoms with E-state index in [9.17, 15) is 9.59 Å². The number of hydrogen-bond acceptors (Lipinski definition) is 3. The summed E-state index contributed by atoms with van der Waals surface area (Å²) in [5.41, 5.74) is 2.23. The molecule has 124 valence electrons. The van der Waals surface area contributed by atoms with E-state index in [1.165, 1.54) is 6.08 Å². The van der Waals surface area contributed by atoms with Crippen LogP contribution in [0.25, 0.3) is 22.1 Å². The van der Waals surface area contributed by atoms with Crippen molar-refractivity contribution in [2.75, 3.05) is 0 Å². The van der Waals surface area contributed by atoms with Crippen molar-refractivity contribution in [1.29, 1.82) is 0 Å². The largest absolute Gasteiger partial charge is 0.478 e. The Bertz CT molecular complexity index is 994. The van der Waals surface area contributed by atoms with Gasteiger partial charge in [0, 0.05) is 23.7 Å². The van der Waals surface area contributed by atoms with Gasteiger partial charge < -0.3 is 15.1 Å². The summed E-state index contributed by atoms with van der Waals surface area (Å²) in [6.45, 7) is 0. The Morgan fingerprint density at radius 2 is 2.29 bits per heavy atom. The van der Waals surface area contributed by atoms with Crippen molar-refractivity contribution >= 4 is 28.0 Å². The summed E-state index contributed by atoms with van der Waals surface area (Å²) < 4.78 is 1.83. The fourth-order valence-electron chi connectivity index (χ4n) is 3.80. The fourth-order valence-corrected chi connectivity index (χ4v) is 3.80. The number of nitrogens with zero attached hydrogens (tertiary/aromatic N) is 2. The normalized spacial score (nSPS) is 21.8. The van der Waals surface area contributed by atoms with Gasteiger partial charge in [-0.2, -0.15) is 0 Å². The molecule has 24 heavy (non-hydrogen) atoms. The quantitative estimate of drug-likeness (QED) is 0.643. The minimum Gasteiger partial charge on any atom is -0.478 e. The number of carboxylic acid groups (broad SMARTS) is 1. The zero-order chi connectivity index (χ0) is 16.7. The lowest BCUT2D eigenvalue weighted by Crippen LogP contribution is -2.26. The zero-order valence-electron chi connectivity index (χ0n) is 13.0. The van der Waals surface area contributed by atoms with Crippen LogP contribution in [0, 0.1) is 5.92 Å². The topological polar surface area (TPSA) is 104 Å². The highest BCUT2D eigenvalue weighted by Crippen LogP contribution is 2.35. The summed E-state index contributed by atoms with van der Waals surface area (Å²) >= 11 is 0. The minimum absolute atomic E-state index is 0.0592. The van der Waals surface area contributed by atoms with Crippen LogP contribution in [0.1, 0.15) is 31.7 Å². The van der Waals surface area contributed by atoms with E-state index in [-0.39, 0.29) is 17.6 Å². The summed E-state index contributed by atoms with van der Waals surface area (Å²) in [5, 5.41) is 9.74. The van der Waals surface area contributed by atoms with Gasteiger partial charge in [-0.1, -0.05) is 12.5 Å². The Morgan fingerprint density at radius 1 is 1.42 bits per heavy atom. The lowest BCUT2D eigenvalue weighted by atomic mass is 9.85. The van der Waals surface area contributed by atoms with Crippen LogP contribution in [0.2, 0.25) is 0 Å². The maximum absolute atomic E-state index is 12.5. The highest BCUT2D eigenvalue weighted by atomic mass is 16.4. The SMILES string of the molecule is O=C(O)C=C[C@H]1CCC[C@H](n2c(=O)[nH]c3cnc4[nH]ccc4c32)C1. The molecule has 3 N–H and O–H groups in total. The van der Waals surface area contributed by atoms with Crippen LogP contribution in [0.3, 0.4) is 0 Å². The van der Waals surface area contributed by atoms with Crippen LogP contribution in [0.4, 0.5) is 0 Å². The predicted molar refractivity (Wildman–Crippen MR) is 90.0 cm³/mol. The molecule has 1 aliphatic rings. The number of aliphatic carboxylic acids is 1. The fraction of sp³-hybridized carbons (Fsp3) is 0.353. The summed E-state index contributed by atoms with van der Waals surface area (Å²) in [7, 11) is 0. The number of nitrogens with one attached hydrogen (secondary N) is 2. The highest BCUT2D eigenvalue weighted by Gasteiger charge is 2.25. The average molecular weight is 326 g/mol. The number of carboxylic acids is 1. The molecule has 0 spiro atoms. The monoisotopic (exact) mass is 326 g/mol. The zero-order valence-corrected chi connectivity index (χ0v) is 13.0. The number of aromatic nitrogens is 4. The van der Waals surface area contributed by atoms with Crippen molar-refractivity contribution in [3.05, 3.63) is 41.1 Å². The third kappa shape index (κ3) is 2.42. The first-order valence-electron chi connectivity index (χ1n) is 8.11. The molecule has 1 aliphatic carbocycles. The van der Waals surface area contributed by atoms with Crippen LogP contribution in [-0.2, 0) is 4.79 Å². The summed E-state index contributed by atoms with van der Waals surface area (Å²) in [5.74, 6) is -0.748. The van der Waals surface area contributed by atoms with Crippen molar-refractivity contribution < 1.29 is 9.90 Å². The maximum atomic E-state index is 12.5. The molecule has 7 nitrogen and oxygen atoms in total. The van der Waals surface area contributed by atoms with E-state index in [1.807, 2.05) is 16.8 Å². The Hall–Kier alpha value is -2.83. The second kappa shape index (κ2) is 5.67. The molecule has 3 heterocycles. The predicted octanol–water partition coefficient (Wildman–Crippen LogP) is 2.58. The van der Waals surface area contributed by atoms with Crippen molar-refractivity contribution in [1.82, 2.24) is 19.5 Å². The molecule has 0 amide bonds. The summed E-state index contributed by atoms with van der Waals surface area (Å²) in [4.78, 5) is 33.6. The Morgan fingerprint density at radius 3 is 3.12 bits per heavy atom. The second-order valence-corrected chi connectivity index (χ2v) is 6.34. The number of fused-ring (bicyclic) bond motifs is 3. The van der Waals surface area contributed by atoms with E-state index < -0.39 is 5.97 Å². The molecule has 1 saturated carbocycles. The maximum Gasteiger partial charge on any atom is 0.327 e. The van der Waals surface area contributed by atoms with Crippen LogP contribution in [0.5, 0.6) is 0 Å². The third-order valence-corrected chi connectivity index (χ3v) is 4.82. The molecule has 7 heteroatoms. The van der Waals surface area contributed by atoms with Gasteiger partial charge >= 0.3 is 11.7 Å². The number of H-pyrrole nitrogens is 2. The second-order valence-electron chi connectivity index (χ2n) is 6.34. The van der Waals surface area contributed by atoms with E-state index in [0.717, 1.165) is 47.8 Å². The van der Waals surface area contributed by atoms with Crippen molar-refractivity contribution in [2.24, 2.45) is 5.92 Å². The molecule has 0 unspecified atom stereocenters. The van der Waals surface area contributed by atoms with Gasteiger partial charge in [0.1, 0.15) is 5.65 Å². The molecule has 1 fully saturated rings. The van der Waals surface area contributed by atoms with Gasteiger partial charge in [-0.15, -0.1) is 0 Å². The van der Waals surface area contributed by atoms with Gasteiger partial charge in [0.15, 0.2) is 0 Å². The lowest BCUT2D eigenvalue weighted by molar-refractivity contribution is -0.131. The molecular formula is C17H18N4O3. The van der Waals surface area contributed by atoms with Gasteiger partial charge in [-0.3, -0.25) is 4.57 Å². The van der Waals surface area contributed by atoms with E-state index in [2.05, 4.69) is 15.0 Å². The van der Waals surface area contributed by atoms with Gasteiger partial charge in [-0.05, 0) is 31.2 Å². The van der Waals surface area contributed by atoms with E-state index in [4.69, 9.17) is 5.11 Å². The number of hydrogen-bond donors (Lipinski definition) is 3. The minimum atomic E-state index is -0.929. The van der Waals surface area contributed by atoms with Crippen molar-refractivity contribution in [3.63, 3.8) is 0 Å². The molecule has 0 saturated heterocycles. The third-order valence-electron chi connectivity index (χ3n) is 4.82. The number of allylic oxidation sites excluding steroid dienone is 1. The molecular weight excluding hydrogens is 308 g/mol. The highest BCUT2D eigenvalue weighted by molar-refractivity contribution is 6.00. The van der Waals surface area contributed by atoms with Gasteiger partial charge in [0.05, 0.1) is 17.2 Å². The molecule has 3 aromatic heterocycles. The van der Waals surface area contributed by atoms with Crippen LogP contribution >= 0.6 is 0 Å². The first-order chi connectivity index (χ1) is 11.6. The number of aromatic amines is 2. The van der Waals surface area contributed by atoms with Crippen LogP contribution < -0.4 is 5.69 Å². The molecule has 4 rings (SSSR count). The molecule has 0 bridgehead atoms. The van der Waals surface area contributed by atoms with Crippen molar-refractivity contribution in [3.8, 4) is 0 Å². The lowest BCUT2D eigenvalue weighted by Gasteiger charge is -2.28. The molecule has 0 aliphatic heterocycles. The molecule has 0 aromatic carbocycles. The Balaban J connectivity index is 1.78. The number of imidazole rings is 1. The Labute approximate surface area is 137 Å². The van der Waals surface area contributed by atoms with Crippen molar-refractivity contribution in [2.45, 2.75) is 31.7 Å². The standard InChI is InChI=1S/C17H18N4O3/c22-14(23)5-4-10-2-1-3-11(8-10)21-15-12-6-7-18-16(12)19-9-13(15)20-17(21)24/h4-7,9-11H,1-3,8H2,(H,18,19)(H,20,24)(H,22,23)/t10-,11+/m1/s1. The van der Waals surface area contributed by atoms with E-state index >= 15 is 0 Å². The van der Waals surface area contributed by atoms with Gasteiger partial charge in [0.2, 0.25) is 0 Å². The summed E-state index contributed by atoms with van der Waals surface area (Å²) in [6, 6.07) is 1.99. The van der Waals surface area contributed by atoms with Gasteiger partial charge in [0.25, 0.3) is 0 Å².